The van der Waals surface area contributed by atoms with Crippen LogP contribution in [0.1, 0.15) is 30.1 Å². The summed E-state index contributed by atoms with van der Waals surface area (Å²) in [6.07, 6.45) is 3.07. The van der Waals surface area contributed by atoms with Crippen LogP contribution in [0.2, 0.25) is 0 Å². The lowest BCUT2D eigenvalue weighted by atomic mass is 10.1. The number of carbonyl (C=O) groups excluding carboxylic acids is 2. The highest BCUT2D eigenvalue weighted by Crippen LogP contribution is 2.07. The van der Waals surface area contributed by atoms with Crippen LogP contribution in [0, 0.1) is 0 Å². The van der Waals surface area contributed by atoms with Gasteiger partial charge in [-0.05, 0) is 31.9 Å². The summed E-state index contributed by atoms with van der Waals surface area (Å²) in [5.41, 5.74) is 0.458. The van der Waals surface area contributed by atoms with Crippen LogP contribution in [0.3, 0.4) is 0 Å². The number of pyridine rings is 1. The molecule has 1 unspecified atom stereocenters. The van der Waals surface area contributed by atoms with Crippen LogP contribution in [0.25, 0.3) is 0 Å². The molecule has 0 aromatic carbocycles. The number of hydrogen-bond donors (Lipinski definition) is 3. The average molecular weight is 262 g/mol. The van der Waals surface area contributed by atoms with E-state index in [0.717, 1.165) is 18.8 Å². The van der Waals surface area contributed by atoms with Crippen LogP contribution in [-0.4, -0.2) is 35.9 Å². The number of nitrogens with zero attached hydrogens (tertiary/aromatic N) is 1. The molecule has 0 bridgehead atoms. The van der Waals surface area contributed by atoms with E-state index in [1.54, 1.807) is 12.1 Å². The van der Waals surface area contributed by atoms with Crippen LogP contribution in [0.5, 0.6) is 0 Å². The van der Waals surface area contributed by atoms with Crippen molar-refractivity contribution in [3.8, 4) is 0 Å². The first-order valence-electron chi connectivity index (χ1n) is 6.49. The lowest BCUT2D eigenvalue weighted by Crippen LogP contribution is -2.50. The molecule has 1 saturated heterocycles. The maximum atomic E-state index is 12.0. The molecule has 6 heteroatoms. The van der Waals surface area contributed by atoms with E-state index in [-0.39, 0.29) is 11.8 Å². The number of nitrogens with one attached hydrogen (secondary N) is 3. The molecule has 1 aliphatic rings. The average Bonchev–Trinajstić information content (AvgIpc) is 2.42. The van der Waals surface area contributed by atoms with Crippen LogP contribution >= 0.6 is 0 Å². The minimum absolute atomic E-state index is 0.114. The normalized spacial score (nSPS) is 18.6. The van der Waals surface area contributed by atoms with Gasteiger partial charge in [0.25, 0.3) is 5.91 Å². The molecule has 1 atom stereocenters. The third-order valence-corrected chi connectivity index (χ3v) is 2.97. The van der Waals surface area contributed by atoms with E-state index in [2.05, 4.69) is 20.9 Å². The van der Waals surface area contributed by atoms with E-state index in [1.165, 1.54) is 6.20 Å². The highest BCUT2D eigenvalue weighted by atomic mass is 16.2. The molecule has 2 rings (SSSR count). The lowest BCUT2D eigenvalue weighted by Gasteiger charge is -2.22. The zero-order valence-electron chi connectivity index (χ0n) is 10.9. The van der Waals surface area contributed by atoms with Crippen molar-refractivity contribution < 1.29 is 9.59 Å². The molecule has 0 saturated carbocycles. The van der Waals surface area contributed by atoms with Gasteiger partial charge in [0.15, 0.2) is 0 Å². The minimum Gasteiger partial charge on any atom is -0.370 e. The van der Waals surface area contributed by atoms with E-state index >= 15 is 0 Å². The molecule has 6 nitrogen and oxygen atoms in total. The molecule has 1 aliphatic heterocycles. The first kappa shape index (κ1) is 13.3. The van der Waals surface area contributed by atoms with Crippen LogP contribution in [0.15, 0.2) is 18.3 Å². The van der Waals surface area contributed by atoms with Gasteiger partial charge in [0.1, 0.15) is 11.9 Å². The lowest BCUT2D eigenvalue weighted by molar-refractivity contribution is -0.124. The van der Waals surface area contributed by atoms with E-state index < -0.39 is 6.04 Å². The topological polar surface area (TPSA) is 83.1 Å². The Hall–Kier alpha value is -2.11. The van der Waals surface area contributed by atoms with Gasteiger partial charge in [0.2, 0.25) is 5.91 Å². The molecule has 2 amide bonds. The summed E-state index contributed by atoms with van der Waals surface area (Å²) in [5, 5.41) is 8.52. The van der Waals surface area contributed by atoms with Crippen molar-refractivity contribution in [1.82, 2.24) is 15.6 Å². The quantitative estimate of drug-likeness (QED) is 0.739. The van der Waals surface area contributed by atoms with Gasteiger partial charge in [-0.1, -0.05) is 0 Å². The molecular weight excluding hydrogens is 244 g/mol. The van der Waals surface area contributed by atoms with E-state index in [4.69, 9.17) is 0 Å². The zero-order valence-corrected chi connectivity index (χ0v) is 10.9. The molecule has 102 valence electrons. The van der Waals surface area contributed by atoms with Gasteiger partial charge < -0.3 is 16.0 Å². The zero-order chi connectivity index (χ0) is 13.7. The Labute approximate surface area is 112 Å². The first-order chi connectivity index (χ1) is 9.20. The van der Waals surface area contributed by atoms with Gasteiger partial charge in [-0.25, -0.2) is 4.98 Å². The summed E-state index contributed by atoms with van der Waals surface area (Å²) in [6.45, 7) is 3.44. The van der Waals surface area contributed by atoms with Crippen molar-refractivity contribution in [2.24, 2.45) is 0 Å². The Morgan fingerprint density at radius 3 is 3.00 bits per heavy atom. The van der Waals surface area contributed by atoms with Gasteiger partial charge in [-0.2, -0.15) is 0 Å². The number of amides is 2. The molecule has 1 aromatic heterocycles. The molecule has 0 radical (unpaired) electrons. The molecule has 19 heavy (non-hydrogen) atoms. The predicted molar refractivity (Wildman–Crippen MR) is 71.9 cm³/mol. The van der Waals surface area contributed by atoms with Crippen molar-refractivity contribution in [2.45, 2.75) is 25.8 Å². The van der Waals surface area contributed by atoms with Crippen molar-refractivity contribution in [3.63, 3.8) is 0 Å². The van der Waals surface area contributed by atoms with Gasteiger partial charge in [0.05, 0.1) is 5.56 Å². The molecule has 0 spiro atoms. The van der Waals surface area contributed by atoms with Crippen molar-refractivity contribution in [2.75, 3.05) is 18.4 Å². The third-order valence-electron chi connectivity index (χ3n) is 2.97. The maximum absolute atomic E-state index is 12.0. The fourth-order valence-electron chi connectivity index (χ4n) is 1.97. The Kier molecular flexibility index (Phi) is 4.33. The summed E-state index contributed by atoms with van der Waals surface area (Å²) >= 11 is 0. The molecule has 3 N–H and O–H groups in total. The van der Waals surface area contributed by atoms with E-state index in [1.807, 2.05) is 6.92 Å². The fourth-order valence-corrected chi connectivity index (χ4v) is 1.97. The molecular formula is C13H18N4O2. The monoisotopic (exact) mass is 262 g/mol. The largest absolute Gasteiger partial charge is 0.370 e. The molecule has 0 aliphatic carbocycles. The second-order valence-corrected chi connectivity index (χ2v) is 4.42. The van der Waals surface area contributed by atoms with Crippen LogP contribution in [0.4, 0.5) is 5.82 Å². The number of hydrogen-bond acceptors (Lipinski definition) is 4. The molecule has 2 heterocycles. The van der Waals surface area contributed by atoms with Crippen molar-refractivity contribution in [1.29, 1.82) is 0 Å². The van der Waals surface area contributed by atoms with Gasteiger partial charge in [-0.3, -0.25) is 9.59 Å². The number of carbonyl (C=O) groups is 2. The number of anilines is 1. The Bertz CT molecular complexity index is 458. The van der Waals surface area contributed by atoms with Crippen LogP contribution in [-0.2, 0) is 4.79 Å². The first-order valence-corrected chi connectivity index (χ1v) is 6.49. The molecule has 1 aromatic rings. The summed E-state index contributed by atoms with van der Waals surface area (Å²) in [7, 11) is 0. The van der Waals surface area contributed by atoms with Crippen molar-refractivity contribution in [3.05, 3.63) is 23.9 Å². The highest BCUT2D eigenvalue weighted by molar-refractivity contribution is 5.97. The van der Waals surface area contributed by atoms with E-state index in [9.17, 15) is 9.59 Å². The van der Waals surface area contributed by atoms with Crippen LogP contribution < -0.4 is 16.0 Å². The summed E-state index contributed by atoms with van der Waals surface area (Å²) in [5.74, 6) is 0.351. The Morgan fingerprint density at radius 2 is 2.37 bits per heavy atom. The van der Waals surface area contributed by atoms with Gasteiger partial charge >= 0.3 is 0 Å². The highest BCUT2D eigenvalue weighted by Gasteiger charge is 2.23. The second kappa shape index (κ2) is 6.17. The summed E-state index contributed by atoms with van der Waals surface area (Å²) < 4.78 is 0. The maximum Gasteiger partial charge on any atom is 0.253 e. The predicted octanol–water partition coefficient (Wildman–Crippen LogP) is 0.522. The summed E-state index contributed by atoms with van der Waals surface area (Å²) in [4.78, 5) is 27.7. The number of aromatic nitrogens is 1. The third kappa shape index (κ3) is 3.43. The Balaban J connectivity index is 1.97. The second-order valence-electron chi connectivity index (χ2n) is 4.42. The minimum atomic E-state index is -0.435. The molecule has 1 fully saturated rings. The SMILES string of the molecule is CCNc1ccc(C(=O)NC2CCCNC2=O)cn1. The Morgan fingerprint density at radius 1 is 1.53 bits per heavy atom. The van der Waals surface area contributed by atoms with Crippen molar-refractivity contribution >= 4 is 17.6 Å². The smallest absolute Gasteiger partial charge is 0.253 e. The number of piperidine rings is 1. The van der Waals surface area contributed by atoms with Gasteiger partial charge in [0, 0.05) is 19.3 Å². The van der Waals surface area contributed by atoms with Gasteiger partial charge in [-0.15, -0.1) is 0 Å². The van der Waals surface area contributed by atoms with E-state index in [0.29, 0.717) is 18.5 Å². The summed E-state index contributed by atoms with van der Waals surface area (Å²) in [6, 6.07) is 3.01. The number of rotatable bonds is 4. The fraction of sp³-hybridized carbons (Fsp3) is 0.462. The standard InChI is InChI=1S/C13H18N4O2/c1-2-14-11-6-5-9(8-16-11)12(18)17-10-4-3-7-15-13(10)19/h5-6,8,10H,2-4,7H2,1H3,(H,14,16)(H,15,19)(H,17,18).